The molecule has 0 saturated heterocycles. The number of nitrogens with one attached hydrogen (secondary N) is 1. The monoisotopic (exact) mass is 263 g/mol. The van der Waals surface area contributed by atoms with E-state index < -0.39 is 14.8 Å². The first-order valence-electron chi connectivity index (χ1n) is 4.64. The summed E-state index contributed by atoms with van der Waals surface area (Å²) in [6, 6.07) is 4.15. The van der Waals surface area contributed by atoms with Crippen LogP contribution in [-0.4, -0.2) is 18.3 Å². The van der Waals surface area contributed by atoms with Crippen LogP contribution in [-0.2, 0) is 10.0 Å². The van der Waals surface area contributed by atoms with Crippen molar-refractivity contribution in [1.82, 2.24) is 0 Å². The summed E-state index contributed by atoms with van der Waals surface area (Å²) in [5, 5.41) is 9.30. The van der Waals surface area contributed by atoms with E-state index in [2.05, 4.69) is 4.72 Å². The third-order valence-corrected chi connectivity index (χ3v) is 4.43. The number of hydrogen-bond acceptors (Lipinski definition) is 3. The molecule has 0 spiro atoms. The lowest BCUT2D eigenvalue weighted by atomic mass is 10.3. The molecule has 0 fully saturated rings. The molecule has 0 heterocycles. The fourth-order valence-corrected chi connectivity index (χ4v) is 1.80. The number of hydrogen-bond donors (Lipinski definition) is 2. The van der Waals surface area contributed by atoms with Crippen molar-refractivity contribution in [1.29, 1.82) is 0 Å². The van der Waals surface area contributed by atoms with Crippen LogP contribution in [0.15, 0.2) is 18.2 Å². The molecule has 0 amide bonds. The number of phenolic OH excluding ortho intramolecular Hbond substituents is 1. The van der Waals surface area contributed by atoms with Crippen molar-refractivity contribution >= 4 is 27.3 Å². The van der Waals surface area contributed by atoms with Crippen LogP contribution in [0.5, 0.6) is 5.75 Å². The fraction of sp³-hybridized carbons (Fsp3) is 0.400. The van der Waals surface area contributed by atoms with Crippen LogP contribution < -0.4 is 4.72 Å². The van der Waals surface area contributed by atoms with E-state index >= 15 is 0 Å². The van der Waals surface area contributed by atoms with Crippen molar-refractivity contribution in [2.24, 2.45) is 0 Å². The summed E-state index contributed by atoms with van der Waals surface area (Å²) in [6.45, 7) is 4.78. The Morgan fingerprint density at radius 3 is 2.31 bits per heavy atom. The van der Waals surface area contributed by atoms with E-state index in [1.54, 1.807) is 20.8 Å². The lowest BCUT2D eigenvalue weighted by Gasteiger charge is -2.20. The van der Waals surface area contributed by atoms with Gasteiger partial charge < -0.3 is 5.11 Å². The fourth-order valence-electron chi connectivity index (χ4n) is 0.879. The smallest absolute Gasteiger partial charge is 0.237 e. The lowest BCUT2D eigenvalue weighted by molar-refractivity contribution is 0.475. The van der Waals surface area contributed by atoms with Gasteiger partial charge in [0.05, 0.1) is 15.5 Å². The maximum absolute atomic E-state index is 11.8. The average molecular weight is 264 g/mol. The Morgan fingerprint density at radius 2 is 1.88 bits per heavy atom. The summed E-state index contributed by atoms with van der Waals surface area (Å²) < 4.78 is 25.1. The molecule has 4 nitrogen and oxygen atoms in total. The molecule has 6 heteroatoms. The molecule has 1 rings (SSSR count). The minimum atomic E-state index is -3.47. The van der Waals surface area contributed by atoms with Crippen LogP contribution in [0, 0.1) is 0 Å². The number of benzene rings is 1. The van der Waals surface area contributed by atoms with Crippen molar-refractivity contribution in [2.45, 2.75) is 25.5 Å². The van der Waals surface area contributed by atoms with Crippen LogP contribution >= 0.6 is 11.6 Å². The molecule has 0 aliphatic rings. The molecule has 90 valence electrons. The van der Waals surface area contributed by atoms with Gasteiger partial charge in [0.15, 0.2) is 0 Å². The topological polar surface area (TPSA) is 66.4 Å². The van der Waals surface area contributed by atoms with Gasteiger partial charge in [-0.1, -0.05) is 11.6 Å². The maximum atomic E-state index is 11.8. The normalized spacial score (nSPS) is 12.5. The van der Waals surface area contributed by atoms with E-state index in [1.807, 2.05) is 0 Å². The quantitative estimate of drug-likeness (QED) is 0.806. The summed E-state index contributed by atoms with van der Waals surface area (Å²) >= 11 is 5.67. The minimum Gasteiger partial charge on any atom is -0.506 e. The number of sulfonamides is 1. The molecule has 0 unspecified atom stereocenters. The third-order valence-electron chi connectivity index (χ3n) is 2.01. The van der Waals surface area contributed by atoms with Gasteiger partial charge in [-0.2, -0.15) is 0 Å². The predicted molar refractivity (Wildman–Crippen MR) is 65.4 cm³/mol. The Bertz CT molecular complexity index is 491. The van der Waals surface area contributed by atoms with E-state index in [1.165, 1.54) is 18.2 Å². The van der Waals surface area contributed by atoms with Crippen LogP contribution in [0.2, 0.25) is 5.02 Å². The molecule has 0 bridgehead atoms. The van der Waals surface area contributed by atoms with E-state index in [0.29, 0.717) is 5.69 Å². The first-order valence-corrected chi connectivity index (χ1v) is 6.50. The molecule has 0 aliphatic heterocycles. The number of aromatic hydroxyl groups is 1. The molecule has 0 saturated carbocycles. The average Bonchev–Trinajstić information content (AvgIpc) is 2.09. The van der Waals surface area contributed by atoms with Gasteiger partial charge in [-0.3, -0.25) is 4.72 Å². The zero-order valence-electron chi connectivity index (χ0n) is 9.28. The van der Waals surface area contributed by atoms with E-state index in [0.717, 1.165) is 0 Å². The van der Waals surface area contributed by atoms with Gasteiger partial charge >= 0.3 is 0 Å². The van der Waals surface area contributed by atoms with Crippen molar-refractivity contribution in [2.75, 3.05) is 4.72 Å². The Kier molecular flexibility index (Phi) is 3.40. The molecule has 1 aromatic carbocycles. The zero-order valence-corrected chi connectivity index (χ0v) is 10.9. The molecule has 0 aromatic heterocycles. The Morgan fingerprint density at radius 1 is 1.31 bits per heavy atom. The summed E-state index contributed by atoms with van der Waals surface area (Å²) in [5.41, 5.74) is 0.331. The molecule has 0 aliphatic carbocycles. The molecular weight excluding hydrogens is 250 g/mol. The summed E-state index contributed by atoms with van der Waals surface area (Å²) in [5.74, 6) is -0.0830. The molecule has 0 atom stereocenters. The first-order chi connectivity index (χ1) is 7.13. The number of phenols is 1. The number of halogens is 1. The molecule has 16 heavy (non-hydrogen) atoms. The summed E-state index contributed by atoms with van der Waals surface area (Å²) in [7, 11) is -3.47. The molecule has 1 aromatic rings. The highest BCUT2D eigenvalue weighted by Crippen LogP contribution is 2.28. The van der Waals surface area contributed by atoms with Crippen LogP contribution in [0.3, 0.4) is 0 Å². The highest BCUT2D eigenvalue weighted by Gasteiger charge is 2.28. The van der Waals surface area contributed by atoms with Crippen molar-refractivity contribution in [3.05, 3.63) is 23.2 Å². The molecule has 0 radical (unpaired) electrons. The molecule has 2 N–H and O–H groups in total. The third kappa shape index (κ3) is 2.80. The van der Waals surface area contributed by atoms with Crippen LogP contribution in [0.25, 0.3) is 0 Å². The predicted octanol–water partition coefficient (Wildman–Crippen LogP) is 2.59. The first kappa shape index (κ1) is 13.1. The summed E-state index contributed by atoms with van der Waals surface area (Å²) in [4.78, 5) is 0. The van der Waals surface area contributed by atoms with Crippen molar-refractivity contribution in [3.63, 3.8) is 0 Å². The number of rotatable bonds is 2. The van der Waals surface area contributed by atoms with Crippen molar-refractivity contribution in [3.8, 4) is 5.75 Å². The second-order valence-electron chi connectivity index (χ2n) is 4.38. The van der Waals surface area contributed by atoms with Gasteiger partial charge in [0.1, 0.15) is 5.75 Å². The van der Waals surface area contributed by atoms with E-state index in [4.69, 9.17) is 11.6 Å². The lowest BCUT2D eigenvalue weighted by Crippen LogP contribution is -2.33. The summed E-state index contributed by atoms with van der Waals surface area (Å²) in [6.07, 6.45) is 0. The second kappa shape index (κ2) is 4.14. The van der Waals surface area contributed by atoms with Crippen LogP contribution in [0.4, 0.5) is 5.69 Å². The van der Waals surface area contributed by atoms with Gasteiger partial charge in [0.25, 0.3) is 0 Å². The zero-order chi connectivity index (χ0) is 12.6. The van der Waals surface area contributed by atoms with Crippen molar-refractivity contribution < 1.29 is 13.5 Å². The van der Waals surface area contributed by atoms with Gasteiger partial charge in [-0.15, -0.1) is 0 Å². The molecular formula is C10H14ClNO3S. The van der Waals surface area contributed by atoms with E-state index in [-0.39, 0.29) is 10.8 Å². The largest absolute Gasteiger partial charge is 0.506 e. The standard InChI is InChI=1S/C10H14ClNO3S/c1-10(2,3)16(14,15)12-7-4-5-9(13)8(11)6-7/h4-6,12-13H,1-3H3. The highest BCUT2D eigenvalue weighted by molar-refractivity contribution is 7.94. The van der Waals surface area contributed by atoms with Gasteiger partial charge in [0.2, 0.25) is 10.0 Å². The van der Waals surface area contributed by atoms with Gasteiger partial charge in [-0.25, -0.2) is 8.42 Å². The Hall–Kier alpha value is -0.940. The Balaban J connectivity index is 3.03. The Labute approximate surface area is 100 Å². The van der Waals surface area contributed by atoms with Crippen LogP contribution in [0.1, 0.15) is 20.8 Å². The SMILES string of the molecule is CC(C)(C)S(=O)(=O)Nc1ccc(O)c(Cl)c1. The minimum absolute atomic E-state index is 0.0830. The number of anilines is 1. The van der Waals surface area contributed by atoms with E-state index in [9.17, 15) is 13.5 Å². The van der Waals surface area contributed by atoms with Gasteiger partial charge in [0, 0.05) is 0 Å². The highest BCUT2D eigenvalue weighted by atomic mass is 35.5. The van der Waals surface area contributed by atoms with Gasteiger partial charge in [-0.05, 0) is 39.0 Å². The maximum Gasteiger partial charge on any atom is 0.237 e. The second-order valence-corrected chi connectivity index (χ2v) is 7.23.